The van der Waals surface area contributed by atoms with Crippen LogP contribution in [-0.4, -0.2) is 36.6 Å². The van der Waals surface area contributed by atoms with Crippen molar-refractivity contribution in [1.29, 1.82) is 0 Å². The predicted octanol–water partition coefficient (Wildman–Crippen LogP) is 2.50. The monoisotopic (exact) mass is 353 g/mol. The van der Waals surface area contributed by atoms with Crippen LogP contribution in [-0.2, 0) is 13.6 Å². The van der Waals surface area contributed by atoms with Crippen molar-refractivity contribution >= 4 is 22.7 Å². The lowest BCUT2D eigenvalue weighted by Crippen LogP contribution is -2.05. The minimum absolute atomic E-state index is 0.357. The van der Waals surface area contributed by atoms with E-state index in [0.717, 1.165) is 16.6 Å². The molecular weight excluding hydrogens is 337 g/mol. The zero-order chi connectivity index (χ0) is 18.1. The molecule has 8 nitrogen and oxygen atoms in total. The van der Waals surface area contributed by atoms with E-state index in [1.165, 1.54) is 19.2 Å². The molecule has 0 saturated heterocycles. The number of rotatable bonds is 5. The summed E-state index contributed by atoms with van der Waals surface area (Å²) in [6, 6.07) is 4.56. The summed E-state index contributed by atoms with van der Waals surface area (Å²) in [4.78, 5) is 8.80. The first-order valence-electron chi connectivity index (χ1n) is 7.88. The van der Waals surface area contributed by atoms with E-state index in [2.05, 4.69) is 25.5 Å². The van der Waals surface area contributed by atoms with E-state index >= 15 is 0 Å². The molecule has 1 aromatic carbocycles. The molecule has 132 valence electrons. The van der Waals surface area contributed by atoms with E-state index in [1.807, 2.05) is 13.2 Å². The summed E-state index contributed by atoms with van der Waals surface area (Å²) >= 11 is 0. The molecule has 0 aliphatic heterocycles. The first kappa shape index (κ1) is 16.0. The van der Waals surface area contributed by atoms with Crippen LogP contribution >= 0.6 is 0 Å². The van der Waals surface area contributed by atoms with E-state index in [9.17, 15) is 4.39 Å². The third-order valence-electron chi connectivity index (χ3n) is 3.84. The number of aryl methyl sites for hydroxylation is 1. The third-order valence-corrected chi connectivity index (χ3v) is 3.84. The summed E-state index contributed by atoms with van der Waals surface area (Å²) in [5, 5.41) is 12.3. The zero-order valence-electron chi connectivity index (χ0n) is 14.2. The number of methoxy groups -OCH3 is 1. The molecule has 1 N–H and O–H groups in total. The summed E-state index contributed by atoms with van der Waals surface area (Å²) < 4.78 is 22.2. The van der Waals surface area contributed by atoms with Gasteiger partial charge in [0.2, 0.25) is 5.95 Å². The Morgan fingerprint density at radius 3 is 2.81 bits per heavy atom. The second kappa shape index (κ2) is 6.43. The SMILES string of the molecule is COc1cc(F)cc(Cn2ncc3cnc(Nc4cnn(C)c4)nc32)c1. The van der Waals surface area contributed by atoms with Crippen LogP contribution in [0.4, 0.5) is 16.0 Å². The lowest BCUT2D eigenvalue weighted by atomic mass is 10.2. The van der Waals surface area contributed by atoms with Crippen LogP contribution in [0, 0.1) is 5.82 Å². The molecule has 0 aliphatic carbocycles. The van der Waals surface area contributed by atoms with Gasteiger partial charge in [0.25, 0.3) is 0 Å². The molecule has 0 bridgehead atoms. The van der Waals surface area contributed by atoms with Gasteiger partial charge in [0.1, 0.15) is 11.6 Å². The van der Waals surface area contributed by atoms with Gasteiger partial charge in [0, 0.05) is 25.5 Å². The van der Waals surface area contributed by atoms with Crippen LogP contribution in [0.1, 0.15) is 5.56 Å². The van der Waals surface area contributed by atoms with Gasteiger partial charge in [-0.2, -0.15) is 15.2 Å². The largest absolute Gasteiger partial charge is 0.497 e. The Kier molecular flexibility index (Phi) is 3.96. The van der Waals surface area contributed by atoms with E-state index in [4.69, 9.17) is 4.74 Å². The Bertz CT molecular complexity index is 1070. The molecule has 0 fully saturated rings. The minimum Gasteiger partial charge on any atom is -0.497 e. The molecule has 9 heteroatoms. The van der Waals surface area contributed by atoms with Gasteiger partial charge in [0.05, 0.1) is 37.1 Å². The first-order chi connectivity index (χ1) is 12.6. The highest BCUT2D eigenvalue weighted by Gasteiger charge is 2.10. The van der Waals surface area contributed by atoms with Crippen LogP contribution in [0.5, 0.6) is 5.75 Å². The van der Waals surface area contributed by atoms with Crippen molar-refractivity contribution in [3.63, 3.8) is 0 Å². The lowest BCUT2D eigenvalue weighted by Gasteiger charge is -2.07. The van der Waals surface area contributed by atoms with Crippen molar-refractivity contribution in [3.8, 4) is 5.75 Å². The van der Waals surface area contributed by atoms with Crippen molar-refractivity contribution in [2.75, 3.05) is 12.4 Å². The second-order valence-electron chi connectivity index (χ2n) is 5.80. The molecule has 0 amide bonds. The van der Waals surface area contributed by atoms with Gasteiger partial charge in [0.15, 0.2) is 5.65 Å². The zero-order valence-corrected chi connectivity index (χ0v) is 14.2. The van der Waals surface area contributed by atoms with Crippen LogP contribution in [0.15, 0.2) is 43.0 Å². The number of anilines is 2. The first-order valence-corrected chi connectivity index (χ1v) is 7.88. The number of fused-ring (bicyclic) bond motifs is 1. The van der Waals surface area contributed by atoms with Crippen molar-refractivity contribution in [3.05, 3.63) is 54.4 Å². The smallest absolute Gasteiger partial charge is 0.229 e. The number of nitrogens with one attached hydrogen (secondary N) is 1. The molecule has 0 unspecified atom stereocenters. The maximum atomic E-state index is 13.7. The topological polar surface area (TPSA) is 82.7 Å². The van der Waals surface area contributed by atoms with Crippen LogP contribution in [0.3, 0.4) is 0 Å². The quantitative estimate of drug-likeness (QED) is 0.594. The van der Waals surface area contributed by atoms with Crippen molar-refractivity contribution in [1.82, 2.24) is 29.5 Å². The Hall–Kier alpha value is -3.49. The number of aromatic nitrogens is 6. The molecule has 0 aliphatic rings. The molecule has 4 rings (SSSR count). The number of hydrogen-bond acceptors (Lipinski definition) is 6. The van der Waals surface area contributed by atoms with E-state index < -0.39 is 0 Å². The maximum absolute atomic E-state index is 13.7. The Morgan fingerprint density at radius 1 is 1.15 bits per heavy atom. The highest BCUT2D eigenvalue weighted by molar-refractivity contribution is 5.75. The van der Waals surface area contributed by atoms with E-state index in [1.54, 1.807) is 34.0 Å². The van der Waals surface area contributed by atoms with Gasteiger partial charge in [-0.3, -0.25) is 4.68 Å². The molecule has 0 radical (unpaired) electrons. The Labute approximate surface area is 148 Å². The summed E-state index contributed by atoms with van der Waals surface area (Å²) in [5.41, 5.74) is 2.16. The minimum atomic E-state index is -0.357. The second-order valence-corrected chi connectivity index (χ2v) is 5.80. The highest BCUT2D eigenvalue weighted by atomic mass is 19.1. The van der Waals surface area contributed by atoms with Gasteiger partial charge in [-0.05, 0) is 17.7 Å². The molecule has 3 aromatic heterocycles. The van der Waals surface area contributed by atoms with Gasteiger partial charge >= 0.3 is 0 Å². The number of benzene rings is 1. The normalized spacial score (nSPS) is 11.0. The molecular formula is C17H16FN7O. The average Bonchev–Trinajstić information content (AvgIpc) is 3.21. The molecule has 0 saturated carbocycles. The molecule has 26 heavy (non-hydrogen) atoms. The Morgan fingerprint density at radius 2 is 2.04 bits per heavy atom. The highest BCUT2D eigenvalue weighted by Crippen LogP contribution is 2.20. The van der Waals surface area contributed by atoms with Crippen molar-refractivity contribution in [2.24, 2.45) is 7.05 Å². The standard InChI is InChI=1S/C17H16FN7O/c1-24-10-14(8-20-24)22-17-19-6-12-7-21-25(16(12)23-17)9-11-3-13(18)5-15(4-11)26-2/h3-8,10H,9H2,1-2H3,(H,19,22,23). The molecule has 4 aromatic rings. The number of hydrogen-bond donors (Lipinski definition) is 1. The lowest BCUT2D eigenvalue weighted by molar-refractivity contribution is 0.410. The van der Waals surface area contributed by atoms with Crippen LogP contribution in [0.25, 0.3) is 11.0 Å². The predicted molar refractivity (Wildman–Crippen MR) is 93.9 cm³/mol. The summed E-state index contributed by atoms with van der Waals surface area (Å²) in [7, 11) is 3.34. The summed E-state index contributed by atoms with van der Waals surface area (Å²) in [6.07, 6.45) is 6.88. The molecule has 3 heterocycles. The number of halogens is 1. The van der Waals surface area contributed by atoms with Crippen LogP contribution < -0.4 is 10.1 Å². The van der Waals surface area contributed by atoms with Gasteiger partial charge in [-0.25, -0.2) is 14.1 Å². The van der Waals surface area contributed by atoms with Gasteiger partial charge in [-0.15, -0.1) is 0 Å². The van der Waals surface area contributed by atoms with Crippen molar-refractivity contribution < 1.29 is 9.13 Å². The Balaban J connectivity index is 1.65. The molecule has 0 spiro atoms. The van der Waals surface area contributed by atoms with Crippen LogP contribution in [0.2, 0.25) is 0 Å². The van der Waals surface area contributed by atoms with Gasteiger partial charge in [-0.1, -0.05) is 0 Å². The fraction of sp³-hybridized carbons (Fsp3) is 0.176. The fourth-order valence-electron chi connectivity index (χ4n) is 2.66. The third kappa shape index (κ3) is 3.18. The maximum Gasteiger partial charge on any atom is 0.229 e. The van der Waals surface area contributed by atoms with E-state index in [0.29, 0.717) is 23.9 Å². The number of ether oxygens (including phenoxy) is 1. The fourth-order valence-corrected chi connectivity index (χ4v) is 2.66. The summed E-state index contributed by atoms with van der Waals surface area (Å²) in [6.45, 7) is 0.362. The number of nitrogens with zero attached hydrogens (tertiary/aromatic N) is 6. The van der Waals surface area contributed by atoms with E-state index in [-0.39, 0.29) is 5.82 Å². The summed E-state index contributed by atoms with van der Waals surface area (Å²) in [5.74, 6) is 0.540. The molecule has 0 atom stereocenters. The van der Waals surface area contributed by atoms with Crippen molar-refractivity contribution in [2.45, 2.75) is 6.54 Å². The average molecular weight is 353 g/mol. The van der Waals surface area contributed by atoms with Gasteiger partial charge < -0.3 is 10.1 Å².